The van der Waals surface area contributed by atoms with Crippen LogP contribution in [0.4, 0.5) is 11.5 Å². The smallest absolute Gasteiger partial charge is 0.245 e. The number of fused-ring (bicyclic) bond motifs is 1. The normalized spacial score (nSPS) is 13.4. The van der Waals surface area contributed by atoms with Gasteiger partial charge >= 0.3 is 0 Å². The van der Waals surface area contributed by atoms with Gasteiger partial charge in [-0.2, -0.15) is 5.10 Å². The van der Waals surface area contributed by atoms with Crippen LogP contribution in [0, 0.1) is 6.92 Å². The number of carbonyl (C=O) groups is 2. The third-order valence-corrected chi connectivity index (χ3v) is 5.37. The van der Waals surface area contributed by atoms with Crippen LogP contribution in [0.25, 0.3) is 5.69 Å². The van der Waals surface area contributed by atoms with Gasteiger partial charge in [-0.05, 0) is 31.2 Å². The summed E-state index contributed by atoms with van der Waals surface area (Å²) in [5.41, 5.74) is 2.49. The third-order valence-electron chi connectivity index (χ3n) is 4.32. The van der Waals surface area contributed by atoms with Gasteiger partial charge in [-0.15, -0.1) is 11.8 Å². The zero-order chi connectivity index (χ0) is 18.8. The number of nitrogens with one attached hydrogen (secondary N) is 1. The molecule has 0 bridgehead atoms. The van der Waals surface area contributed by atoms with Crippen LogP contribution in [-0.2, 0) is 9.59 Å². The highest BCUT2D eigenvalue weighted by Gasteiger charge is 2.26. The number of rotatable bonds is 4. The molecule has 0 aliphatic carbocycles. The van der Waals surface area contributed by atoms with E-state index in [2.05, 4.69) is 10.4 Å². The van der Waals surface area contributed by atoms with Crippen molar-refractivity contribution in [2.45, 2.75) is 11.8 Å². The van der Waals surface area contributed by atoms with E-state index >= 15 is 0 Å². The van der Waals surface area contributed by atoms with E-state index < -0.39 is 0 Å². The van der Waals surface area contributed by atoms with Crippen molar-refractivity contribution in [3.63, 3.8) is 0 Å². The molecule has 0 saturated heterocycles. The van der Waals surface area contributed by atoms with Crippen molar-refractivity contribution in [3.8, 4) is 5.69 Å². The number of amides is 2. The Balaban J connectivity index is 1.56. The van der Waals surface area contributed by atoms with Crippen molar-refractivity contribution < 1.29 is 9.59 Å². The lowest BCUT2D eigenvalue weighted by molar-refractivity contribution is -0.120. The Morgan fingerprint density at radius 2 is 1.89 bits per heavy atom. The zero-order valence-corrected chi connectivity index (χ0v) is 15.6. The zero-order valence-electron chi connectivity index (χ0n) is 14.8. The number of aromatic nitrogens is 2. The number of aryl methyl sites for hydroxylation is 1. The van der Waals surface area contributed by atoms with Crippen molar-refractivity contribution in [1.82, 2.24) is 9.78 Å². The van der Waals surface area contributed by atoms with Gasteiger partial charge in [-0.1, -0.05) is 30.3 Å². The van der Waals surface area contributed by atoms with Gasteiger partial charge in [0.15, 0.2) is 0 Å². The van der Waals surface area contributed by atoms with E-state index in [1.165, 1.54) is 11.8 Å². The van der Waals surface area contributed by atoms with Crippen LogP contribution < -0.4 is 10.2 Å². The first kappa shape index (κ1) is 17.4. The fraction of sp³-hybridized carbons (Fsp3) is 0.150. The first-order chi connectivity index (χ1) is 13.1. The van der Waals surface area contributed by atoms with Crippen LogP contribution in [0.15, 0.2) is 65.7 Å². The van der Waals surface area contributed by atoms with Crippen LogP contribution in [0.3, 0.4) is 0 Å². The van der Waals surface area contributed by atoms with Crippen molar-refractivity contribution >= 4 is 35.1 Å². The predicted octanol–water partition coefficient (Wildman–Crippen LogP) is 3.26. The second-order valence-electron chi connectivity index (χ2n) is 6.21. The van der Waals surface area contributed by atoms with Crippen molar-refractivity contribution in [2.24, 2.45) is 0 Å². The Hall–Kier alpha value is -3.06. The second kappa shape index (κ2) is 7.28. The molecule has 3 aromatic rings. The van der Waals surface area contributed by atoms with Crippen LogP contribution >= 0.6 is 11.8 Å². The van der Waals surface area contributed by atoms with Crippen molar-refractivity contribution in [2.75, 3.05) is 22.5 Å². The Labute approximate surface area is 161 Å². The van der Waals surface area contributed by atoms with E-state index in [9.17, 15) is 9.59 Å². The molecule has 0 fully saturated rings. The third kappa shape index (κ3) is 3.46. The standard InChI is InChI=1S/C20H18N4O2S/c1-14-11-21-24(15-7-3-2-4-8-15)20(14)22-18(25)12-23-16-9-5-6-10-17(16)27-13-19(23)26/h2-11H,12-13H2,1H3,(H,22,25). The monoisotopic (exact) mass is 378 g/mol. The van der Waals surface area contributed by atoms with Gasteiger partial charge in [-0.25, -0.2) is 4.68 Å². The molecule has 2 aromatic carbocycles. The topological polar surface area (TPSA) is 67.2 Å². The summed E-state index contributed by atoms with van der Waals surface area (Å²) in [6.45, 7) is 1.86. The fourth-order valence-corrected chi connectivity index (χ4v) is 3.92. The minimum Gasteiger partial charge on any atom is -0.309 e. The average Bonchev–Trinajstić information content (AvgIpc) is 3.05. The van der Waals surface area contributed by atoms with Gasteiger partial charge < -0.3 is 10.2 Å². The average molecular weight is 378 g/mol. The number of benzene rings is 2. The molecule has 1 aromatic heterocycles. The summed E-state index contributed by atoms with van der Waals surface area (Å²) in [6.07, 6.45) is 1.71. The van der Waals surface area contributed by atoms with Crippen LogP contribution in [0.1, 0.15) is 5.56 Å². The maximum Gasteiger partial charge on any atom is 0.245 e. The molecule has 6 nitrogen and oxygen atoms in total. The lowest BCUT2D eigenvalue weighted by atomic mass is 10.2. The second-order valence-corrected chi connectivity index (χ2v) is 7.23. The molecule has 0 saturated carbocycles. The molecular weight excluding hydrogens is 360 g/mol. The molecule has 1 N–H and O–H groups in total. The number of hydrogen-bond acceptors (Lipinski definition) is 4. The molecule has 0 spiro atoms. The summed E-state index contributed by atoms with van der Waals surface area (Å²) in [6, 6.07) is 17.2. The van der Waals surface area contributed by atoms with Gasteiger partial charge in [-0.3, -0.25) is 9.59 Å². The van der Waals surface area contributed by atoms with E-state index in [1.54, 1.807) is 15.8 Å². The minimum absolute atomic E-state index is 0.0319. The highest BCUT2D eigenvalue weighted by Crippen LogP contribution is 2.34. The summed E-state index contributed by atoms with van der Waals surface area (Å²) in [4.78, 5) is 27.6. The van der Waals surface area contributed by atoms with Gasteiger partial charge in [0.05, 0.1) is 23.3 Å². The van der Waals surface area contributed by atoms with Gasteiger partial charge in [0.2, 0.25) is 11.8 Å². The van der Waals surface area contributed by atoms with Crippen LogP contribution in [0.2, 0.25) is 0 Å². The highest BCUT2D eigenvalue weighted by molar-refractivity contribution is 8.00. The molecule has 7 heteroatoms. The Bertz CT molecular complexity index is 1000. The highest BCUT2D eigenvalue weighted by atomic mass is 32.2. The molecule has 4 rings (SSSR count). The number of carbonyl (C=O) groups excluding carboxylic acids is 2. The summed E-state index contributed by atoms with van der Waals surface area (Å²) in [5, 5.41) is 7.27. The molecule has 0 unspecified atom stereocenters. The largest absolute Gasteiger partial charge is 0.309 e. The summed E-state index contributed by atoms with van der Waals surface area (Å²) in [7, 11) is 0. The predicted molar refractivity (Wildman–Crippen MR) is 106 cm³/mol. The molecule has 0 atom stereocenters. The summed E-state index contributed by atoms with van der Waals surface area (Å²) >= 11 is 1.50. The van der Waals surface area contributed by atoms with Gasteiger partial charge in [0.25, 0.3) is 0 Å². The quantitative estimate of drug-likeness (QED) is 0.757. The summed E-state index contributed by atoms with van der Waals surface area (Å²) in [5.74, 6) is 0.622. The maximum absolute atomic E-state index is 12.7. The SMILES string of the molecule is Cc1cnn(-c2ccccc2)c1NC(=O)CN1C(=O)CSc2ccccc21. The number of thioether (sulfide) groups is 1. The Morgan fingerprint density at radius 1 is 1.15 bits per heavy atom. The van der Waals surface area contributed by atoms with Crippen molar-refractivity contribution in [1.29, 1.82) is 0 Å². The van der Waals surface area contributed by atoms with Gasteiger partial charge in [0, 0.05) is 10.5 Å². The lowest BCUT2D eigenvalue weighted by Crippen LogP contribution is -2.41. The number of anilines is 2. The molecule has 136 valence electrons. The number of hydrogen-bond donors (Lipinski definition) is 1. The molecule has 27 heavy (non-hydrogen) atoms. The molecular formula is C20H18N4O2S. The maximum atomic E-state index is 12.7. The molecule has 2 amide bonds. The lowest BCUT2D eigenvalue weighted by Gasteiger charge is -2.28. The molecule has 0 radical (unpaired) electrons. The van der Waals surface area contributed by atoms with Crippen molar-refractivity contribution in [3.05, 3.63) is 66.4 Å². The van der Waals surface area contributed by atoms with Gasteiger partial charge in [0.1, 0.15) is 12.4 Å². The van der Waals surface area contributed by atoms with E-state index in [-0.39, 0.29) is 18.4 Å². The fourth-order valence-electron chi connectivity index (χ4n) is 2.99. The number of para-hydroxylation sites is 2. The van der Waals surface area contributed by atoms with E-state index in [0.29, 0.717) is 11.6 Å². The number of nitrogens with zero attached hydrogens (tertiary/aromatic N) is 3. The van der Waals surface area contributed by atoms with E-state index in [4.69, 9.17) is 0 Å². The molecule has 1 aliphatic rings. The van der Waals surface area contributed by atoms with E-state index in [1.807, 2.05) is 61.5 Å². The molecule has 1 aliphatic heterocycles. The van der Waals surface area contributed by atoms with Crippen LogP contribution in [0.5, 0.6) is 0 Å². The first-order valence-electron chi connectivity index (χ1n) is 8.55. The minimum atomic E-state index is -0.258. The summed E-state index contributed by atoms with van der Waals surface area (Å²) < 4.78 is 1.69. The van der Waals surface area contributed by atoms with Crippen LogP contribution in [-0.4, -0.2) is 33.9 Å². The Kier molecular flexibility index (Phi) is 4.68. The first-order valence-corrected chi connectivity index (χ1v) is 9.54. The van der Waals surface area contributed by atoms with E-state index in [0.717, 1.165) is 21.8 Å². The Morgan fingerprint density at radius 3 is 2.70 bits per heavy atom. The molecule has 2 heterocycles.